The fourth-order valence-electron chi connectivity index (χ4n) is 4.16. The average Bonchev–Trinajstić information content (AvgIpc) is 3.10. The number of hydrogen-bond donors (Lipinski definition) is 2. The van der Waals surface area contributed by atoms with Gasteiger partial charge in [0, 0.05) is 37.4 Å². The number of nitrogens with zero attached hydrogens (tertiary/aromatic N) is 2. The van der Waals surface area contributed by atoms with Crippen LogP contribution in [0.5, 0.6) is 11.5 Å². The van der Waals surface area contributed by atoms with Gasteiger partial charge in [0.1, 0.15) is 5.60 Å². The third kappa shape index (κ3) is 3.06. The van der Waals surface area contributed by atoms with Crippen LogP contribution in [0.3, 0.4) is 0 Å². The Bertz CT molecular complexity index is 588. The van der Waals surface area contributed by atoms with Gasteiger partial charge in [0.05, 0.1) is 6.61 Å². The Morgan fingerprint density at radius 3 is 2.71 bits per heavy atom. The van der Waals surface area contributed by atoms with Crippen molar-refractivity contribution in [3.8, 4) is 11.5 Å². The van der Waals surface area contributed by atoms with E-state index in [-0.39, 0.29) is 6.61 Å². The van der Waals surface area contributed by atoms with E-state index in [0.29, 0.717) is 25.8 Å². The second kappa shape index (κ2) is 6.43. The maximum absolute atomic E-state index is 10.4. The van der Waals surface area contributed by atoms with Crippen LogP contribution in [0.1, 0.15) is 25.7 Å². The third-order valence-electron chi connectivity index (χ3n) is 5.58. The number of aliphatic hydroxyl groups is 2. The molecule has 6 nitrogen and oxygen atoms in total. The molecule has 2 N–H and O–H groups in total. The normalized spacial score (nSPS) is 28.3. The summed E-state index contributed by atoms with van der Waals surface area (Å²) in [5, 5.41) is 19.8. The van der Waals surface area contributed by atoms with E-state index in [1.165, 1.54) is 5.69 Å². The third-order valence-corrected chi connectivity index (χ3v) is 5.58. The summed E-state index contributed by atoms with van der Waals surface area (Å²) in [5.41, 5.74) is 0.274. The van der Waals surface area contributed by atoms with Gasteiger partial charge >= 0.3 is 0 Å². The molecule has 0 aromatic heterocycles. The van der Waals surface area contributed by atoms with E-state index >= 15 is 0 Å². The molecular formula is C18H26N2O4. The quantitative estimate of drug-likeness (QED) is 0.866. The molecule has 6 heteroatoms. The first-order chi connectivity index (χ1) is 11.7. The smallest absolute Gasteiger partial charge is 0.231 e. The number of anilines is 1. The summed E-state index contributed by atoms with van der Waals surface area (Å²) in [5.74, 6) is 1.66. The molecule has 24 heavy (non-hydrogen) atoms. The molecule has 0 radical (unpaired) electrons. The van der Waals surface area contributed by atoms with Gasteiger partial charge in [0.2, 0.25) is 6.79 Å². The molecule has 0 unspecified atom stereocenters. The molecule has 0 saturated carbocycles. The number of rotatable bonds is 3. The SMILES string of the molecule is OC[C@@]1(O)CCCN(C2CCN(c3ccc4c(c3)OCO4)CC2)C1. The van der Waals surface area contributed by atoms with Gasteiger partial charge in [-0.25, -0.2) is 0 Å². The molecule has 0 spiro atoms. The average molecular weight is 334 g/mol. The van der Waals surface area contributed by atoms with Crippen molar-refractivity contribution < 1.29 is 19.7 Å². The van der Waals surface area contributed by atoms with E-state index in [2.05, 4.69) is 21.9 Å². The minimum Gasteiger partial charge on any atom is -0.454 e. The fourth-order valence-corrected chi connectivity index (χ4v) is 4.16. The van der Waals surface area contributed by atoms with Crippen LogP contribution in [0, 0.1) is 0 Å². The van der Waals surface area contributed by atoms with Crippen LogP contribution >= 0.6 is 0 Å². The Balaban J connectivity index is 1.37. The van der Waals surface area contributed by atoms with E-state index in [9.17, 15) is 10.2 Å². The summed E-state index contributed by atoms with van der Waals surface area (Å²) in [4.78, 5) is 4.76. The summed E-state index contributed by atoms with van der Waals surface area (Å²) in [6.07, 6.45) is 3.82. The van der Waals surface area contributed by atoms with E-state index in [1.807, 2.05) is 6.07 Å². The van der Waals surface area contributed by atoms with Gasteiger partial charge in [-0.2, -0.15) is 0 Å². The lowest BCUT2D eigenvalue weighted by Crippen LogP contribution is -2.55. The van der Waals surface area contributed by atoms with Gasteiger partial charge in [-0.3, -0.25) is 4.90 Å². The molecule has 0 amide bonds. The highest BCUT2D eigenvalue weighted by Crippen LogP contribution is 2.36. The molecule has 0 bridgehead atoms. The summed E-state index contributed by atoms with van der Waals surface area (Å²) in [6, 6.07) is 6.64. The number of likely N-dealkylation sites (tertiary alicyclic amines) is 1. The maximum atomic E-state index is 10.4. The van der Waals surface area contributed by atoms with Crippen molar-refractivity contribution >= 4 is 5.69 Å². The summed E-state index contributed by atoms with van der Waals surface area (Å²) in [7, 11) is 0. The Hall–Kier alpha value is -1.50. The van der Waals surface area contributed by atoms with Crippen molar-refractivity contribution in [2.45, 2.75) is 37.3 Å². The van der Waals surface area contributed by atoms with Crippen molar-refractivity contribution in [2.24, 2.45) is 0 Å². The van der Waals surface area contributed by atoms with Gasteiger partial charge in [-0.05, 0) is 44.4 Å². The second-order valence-corrected chi connectivity index (χ2v) is 7.21. The van der Waals surface area contributed by atoms with Gasteiger partial charge < -0.3 is 24.6 Å². The van der Waals surface area contributed by atoms with E-state index < -0.39 is 5.60 Å². The minimum absolute atomic E-state index is 0.139. The number of piperidine rings is 2. The molecule has 3 aliphatic rings. The Labute approximate surface area is 142 Å². The number of β-amino-alcohol motifs (C(OH)–C–C–N with tert-alkyl or cyclic N) is 1. The molecule has 132 valence electrons. The fraction of sp³-hybridized carbons (Fsp3) is 0.667. The lowest BCUT2D eigenvalue weighted by atomic mass is 9.91. The zero-order valence-corrected chi connectivity index (χ0v) is 14.0. The van der Waals surface area contributed by atoms with Crippen LogP contribution in [-0.2, 0) is 0 Å². The number of aliphatic hydroxyl groups excluding tert-OH is 1. The van der Waals surface area contributed by atoms with E-state index in [1.54, 1.807) is 0 Å². The molecule has 0 aliphatic carbocycles. The lowest BCUT2D eigenvalue weighted by molar-refractivity contribution is -0.0781. The van der Waals surface area contributed by atoms with Crippen LogP contribution in [0.25, 0.3) is 0 Å². The Kier molecular flexibility index (Phi) is 4.28. The summed E-state index contributed by atoms with van der Waals surface area (Å²) < 4.78 is 10.8. The standard InChI is InChI=1S/C18H26N2O4/c21-12-18(22)6-1-7-20(11-18)14-4-8-19(9-5-14)15-2-3-16-17(10-15)24-13-23-16/h2-3,10,14,21-22H,1,4-9,11-13H2/t18-/m1/s1. The number of hydrogen-bond acceptors (Lipinski definition) is 6. The first kappa shape index (κ1) is 16.0. The predicted molar refractivity (Wildman–Crippen MR) is 90.6 cm³/mol. The van der Waals surface area contributed by atoms with Crippen LogP contribution in [0.2, 0.25) is 0 Å². The van der Waals surface area contributed by atoms with Gasteiger partial charge in [0.25, 0.3) is 0 Å². The number of benzene rings is 1. The van der Waals surface area contributed by atoms with Crippen molar-refractivity contribution in [1.82, 2.24) is 4.90 Å². The molecule has 1 aromatic carbocycles. The molecule has 3 heterocycles. The second-order valence-electron chi connectivity index (χ2n) is 7.21. The van der Waals surface area contributed by atoms with Crippen LogP contribution in [0.15, 0.2) is 18.2 Å². The largest absolute Gasteiger partial charge is 0.454 e. The molecular weight excluding hydrogens is 308 g/mol. The van der Waals surface area contributed by atoms with Gasteiger partial charge in [-0.1, -0.05) is 0 Å². The van der Waals surface area contributed by atoms with Crippen molar-refractivity contribution in [3.63, 3.8) is 0 Å². The first-order valence-corrected chi connectivity index (χ1v) is 8.89. The van der Waals surface area contributed by atoms with Crippen LogP contribution in [0.4, 0.5) is 5.69 Å². The number of fused-ring (bicyclic) bond motifs is 1. The monoisotopic (exact) mass is 334 g/mol. The van der Waals surface area contributed by atoms with Crippen molar-refractivity contribution in [2.75, 3.05) is 44.5 Å². The molecule has 1 atom stereocenters. The molecule has 4 rings (SSSR count). The highest BCUT2D eigenvalue weighted by molar-refractivity contribution is 5.57. The highest BCUT2D eigenvalue weighted by Gasteiger charge is 2.36. The zero-order valence-electron chi connectivity index (χ0n) is 14.0. The molecule has 2 saturated heterocycles. The number of ether oxygens (including phenoxy) is 2. The van der Waals surface area contributed by atoms with Gasteiger partial charge in [0.15, 0.2) is 11.5 Å². The first-order valence-electron chi connectivity index (χ1n) is 8.89. The lowest BCUT2D eigenvalue weighted by Gasteiger charge is -2.45. The Morgan fingerprint density at radius 1 is 1.12 bits per heavy atom. The highest BCUT2D eigenvalue weighted by atomic mass is 16.7. The maximum Gasteiger partial charge on any atom is 0.231 e. The minimum atomic E-state index is -0.910. The topological polar surface area (TPSA) is 65.4 Å². The zero-order chi connectivity index (χ0) is 16.6. The van der Waals surface area contributed by atoms with Crippen LogP contribution < -0.4 is 14.4 Å². The summed E-state index contributed by atoms with van der Waals surface area (Å²) in [6.45, 7) is 3.79. The van der Waals surface area contributed by atoms with Crippen molar-refractivity contribution in [3.05, 3.63) is 18.2 Å². The van der Waals surface area contributed by atoms with E-state index in [0.717, 1.165) is 50.4 Å². The van der Waals surface area contributed by atoms with Crippen molar-refractivity contribution in [1.29, 1.82) is 0 Å². The molecule has 3 aliphatic heterocycles. The van der Waals surface area contributed by atoms with Gasteiger partial charge in [-0.15, -0.1) is 0 Å². The summed E-state index contributed by atoms with van der Waals surface area (Å²) >= 11 is 0. The molecule has 2 fully saturated rings. The molecule has 1 aromatic rings. The predicted octanol–water partition coefficient (Wildman–Crippen LogP) is 1.20. The van der Waals surface area contributed by atoms with Crippen LogP contribution in [-0.4, -0.2) is 66.3 Å². The van der Waals surface area contributed by atoms with E-state index in [4.69, 9.17) is 9.47 Å². The Morgan fingerprint density at radius 2 is 1.92 bits per heavy atom.